The van der Waals surface area contributed by atoms with Gasteiger partial charge in [-0.05, 0) is 36.6 Å². The third kappa shape index (κ3) is 2.67. The molecule has 2 aromatic rings. The van der Waals surface area contributed by atoms with Crippen molar-refractivity contribution in [3.05, 3.63) is 60.2 Å². The highest BCUT2D eigenvalue weighted by Gasteiger charge is 2.21. The molecule has 3 heteroatoms. The molecule has 0 aliphatic carbocycles. The van der Waals surface area contributed by atoms with E-state index in [0.717, 1.165) is 30.8 Å². The van der Waals surface area contributed by atoms with Gasteiger partial charge in [0, 0.05) is 17.9 Å². The third-order valence-corrected chi connectivity index (χ3v) is 3.63. The average Bonchev–Trinajstić information content (AvgIpc) is 2.53. The van der Waals surface area contributed by atoms with Crippen LogP contribution in [0, 0.1) is 0 Å². The molecule has 1 heterocycles. The first-order chi connectivity index (χ1) is 9.84. The Balaban J connectivity index is 1.69. The highest BCUT2D eigenvalue weighted by molar-refractivity contribution is 5.97. The van der Waals surface area contributed by atoms with Gasteiger partial charge < -0.3 is 10.2 Å². The van der Waals surface area contributed by atoms with Gasteiger partial charge in [0.2, 0.25) is 5.91 Å². The number of nitrogens with one attached hydrogen (secondary N) is 1. The number of amides is 1. The molecule has 1 aliphatic heterocycles. The molecular weight excluding hydrogens is 248 g/mol. The van der Waals surface area contributed by atoms with Gasteiger partial charge in [0.15, 0.2) is 0 Å². The number of benzene rings is 2. The van der Waals surface area contributed by atoms with Crippen molar-refractivity contribution in [3.63, 3.8) is 0 Å². The van der Waals surface area contributed by atoms with E-state index in [2.05, 4.69) is 11.4 Å². The molecule has 2 aromatic carbocycles. The van der Waals surface area contributed by atoms with Crippen LogP contribution < -0.4 is 10.2 Å². The number of carbonyl (C=O) groups is 1. The number of hydrogen-bond donors (Lipinski definition) is 1. The van der Waals surface area contributed by atoms with Gasteiger partial charge in [0.05, 0.1) is 6.54 Å². The second-order valence-electron chi connectivity index (χ2n) is 5.00. The van der Waals surface area contributed by atoms with Crippen molar-refractivity contribution < 1.29 is 4.79 Å². The number of hydrogen-bond acceptors (Lipinski definition) is 2. The molecule has 1 N–H and O–H groups in total. The van der Waals surface area contributed by atoms with Gasteiger partial charge in [-0.1, -0.05) is 36.4 Å². The van der Waals surface area contributed by atoms with Gasteiger partial charge in [-0.15, -0.1) is 0 Å². The lowest BCUT2D eigenvalue weighted by Crippen LogP contribution is -2.39. The highest BCUT2D eigenvalue weighted by atomic mass is 16.2. The highest BCUT2D eigenvalue weighted by Crippen LogP contribution is 2.26. The first-order valence-corrected chi connectivity index (χ1v) is 7.02. The topological polar surface area (TPSA) is 32.3 Å². The van der Waals surface area contributed by atoms with Crippen LogP contribution in [-0.2, 0) is 11.2 Å². The van der Waals surface area contributed by atoms with E-state index in [1.165, 1.54) is 5.56 Å². The predicted octanol–water partition coefficient (Wildman–Crippen LogP) is 3.08. The van der Waals surface area contributed by atoms with Gasteiger partial charge in [-0.3, -0.25) is 4.79 Å². The minimum atomic E-state index is 0.126. The Kier molecular flexibility index (Phi) is 3.68. The normalized spacial score (nSPS) is 13.7. The summed E-state index contributed by atoms with van der Waals surface area (Å²) in [5.41, 5.74) is 3.32. The van der Waals surface area contributed by atoms with Crippen molar-refractivity contribution in [2.24, 2.45) is 0 Å². The van der Waals surface area contributed by atoms with Crippen LogP contribution in [0.15, 0.2) is 54.6 Å². The van der Waals surface area contributed by atoms with E-state index in [1.807, 2.05) is 53.4 Å². The zero-order chi connectivity index (χ0) is 13.8. The second-order valence-corrected chi connectivity index (χ2v) is 5.00. The van der Waals surface area contributed by atoms with Crippen LogP contribution in [0.4, 0.5) is 11.4 Å². The van der Waals surface area contributed by atoms with Gasteiger partial charge in [0.1, 0.15) is 0 Å². The Labute approximate surface area is 119 Å². The van der Waals surface area contributed by atoms with Crippen LogP contribution in [0.3, 0.4) is 0 Å². The maximum atomic E-state index is 12.4. The fraction of sp³-hybridized carbons (Fsp3) is 0.235. The molecule has 0 radical (unpaired) electrons. The monoisotopic (exact) mass is 266 g/mol. The molecule has 0 bridgehead atoms. The van der Waals surface area contributed by atoms with E-state index in [1.54, 1.807) is 0 Å². The van der Waals surface area contributed by atoms with Crippen LogP contribution in [0.25, 0.3) is 0 Å². The van der Waals surface area contributed by atoms with Gasteiger partial charge in [0.25, 0.3) is 0 Å². The first-order valence-electron chi connectivity index (χ1n) is 7.02. The van der Waals surface area contributed by atoms with E-state index in [-0.39, 0.29) is 5.91 Å². The summed E-state index contributed by atoms with van der Waals surface area (Å²) in [7, 11) is 0. The lowest BCUT2D eigenvalue weighted by Gasteiger charge is -2.29. The summed E-state index contributed by atoms with van der Waals surface area (Å²) < 4.78 is 0. The summed E-state index contributed by atoms with van der Waals surface area (Å²) in [4.78, 5) is 14.3. The number of carbonyl (C=O) groups excluding carboxylic acids is 1. The quantitative estimate of drug-likeness (QED) is 0.926. The number of anilines is 2. The molecule has 20 heavy (non-hydrogen) atoms. The van der Waals surface area contributed by atoms with Crippen molar-refractivity contribution in [2.45, 2.75) is 12.8 Å². The van der Waals surface area contributed by atoms with Gasteiger partial charge in [-0.25, -0.2) is 0 Å². The van der Waals surface area contributed by atoms with E-state index in [9.17, 15) is 4.79 Å². The summed E-state index contributed by atoms with van der Waals surface area (Å²) >= 11 is 0. The molecule has 0 saturated carbocycles. The predicted molar refractivity (Wildman–Crippen MR) is 82.0 cm³/mol. The maximum Gasteiger partial charge on any atom is 0.246 e. The Morgan fingerprint density at radius 1 is 1.05 bits per heavy atom. The minimum Gasteiger partial charge on any atom is -0.376 e. The Morgan fingerprint density at radius 2 is 1.80 bits per heavy atom. The molecule has 0 unspecified atom stereocenters. The number of aryl methyl sites for hydroxylation is 1. The molecule has 3 nitrogen and oxygen atoms in total. The SMILES string of the molecule is O=C(CNc1ccccc1)N1CCCc2ccccc21. The molecule has 0 spiro atoms. The number of rotatable bonds is 3. The van der Waals surface area contributed by atoms with Crippen molar-refractivity contribution in [2.75, 3.05) is 23.3 Å². The van der Waals surface area contributed by atoms with Crippen molar-refractivity contribution in [1.82, 2.24) is 0 Å². The van der Waals surface area contributed by atoms with E-state index in [0.29, 0.717) is 6.54 Å². The molecular formula is C17H18N2O. The molecule has 0 fully saturated rings. The van der Waals surface area contributed by atoms with Crippen LogP contribution in [-0.4, -0.2) is 19.0 Å². The summed E-state index contributed by atoms with van der Waals surface area (Å²) in [6, 6.07) is 18.0. The van der Waals surface area contributed by atoms with E-state index >= 15 is 0 Å². The van der Waals surface area contributed by atoms with Crippen LogP contribution in [0.1, 0.15) is 12.0 Å². The Bertz CT molecular complexity index is 595. The average molecular weight is 266 g/mol. The standard InChI is InChI=1S/C17H18N2O/c20-17(13-18-15-9-2-1-3-10-15)19-12-6-8-14-7-4-5-11-16(14)19/h1-5,7,9-11,18H,6,8,12-13H2. The summed E-state index contributed by atoms with van der Waals surface area (Å²) in [5.74, 6) is 0.126. The molecule has 0 aromatic heterocycles. The number of nitrogens with zero attached hydrogens (tertiary/aromatic N) is 1. The fourth-order valence-corrected chi connectivity index (χ4v) is 2.62. The summed E-state index contributed by atoms with van der Waals surface area (Å²) in [5, 5.41) is 3.18. The van der Waals surface area contributed by atoms with Crippen LogP contribution in [0.2, 0.25) is 0 Å². The van der Waals surface area contributed by atoms with Gasteiger partial charge in [-0.2, -0.15) is 0 Å². The molecule has 0 saturated heterocycles. The fourth-order valence-electron chi connectivity index (χ4n) is 2.62. The third-order valence-electron chi connectivity index (χ3n) is 3.63. The molecule has 102 valence electrons. The van der Waals surface area contributed by atoms with E-state index in [4.69, 9.17) is 0 Å². The largest absolute Gasteiger partial charge is 0.376 e. The zero-order valence-electron chi connectivity index (χ0n) is 11.4. The molecule has 3 rings (SSSR count). The molecule has 1 amide bonds. The zero-order valence-corrected chi connectivity index (χ0v) is 11.4. The van der Waals surface area contributed by atoms with Gasteiger partial charge >= 0.3 is 0 Å². The minimum absolute atomic E-state index is 0.126. The summed E-state index contributed by atoms with van der Waals surface area (Å²) in [6.45, 7) is 1.14. The second kappa shape index (κ2) is 5.78. The number of para-hydroxylation sites is 2. The van der Waals surface area contributed by atoms with E-state index < -0.39 is 0 Å². The smallest absolute Gasteiger partial charge is 0.246 e. The lowest BCUT2D eigenvalue weighted by atomic mass is 10.0. The molecule has 1 aliphatic rings. The Morgan fingerprint density at radius 3 is 2.65 bits per heavy atom. The molecule has 0 atom stereocenters. The maximum absolute atomic E-state index is 12.4. The first kappa shape index (κ1) is 12.7. The van der Waals surface area contributed by atoms with Crippen molar-refractivity contribution in [1.29, 1.82) is 0 Å². The summed E-state index contributed by atoms with van der Waals surface area (Å²) in [6.07, 6.45) is 2.10. The van der Waals surface area contributed by atoms with Crippen LogP contribution in [0.5, 0.6) is 0 Å². The Hall–Kier alpha value is -2.29. The number of fused-ring (bicyclic) bond motifs is 1. The van der Waals surface area contributed by atoms with Crippen LogP contribution >= 0.6 is 0 Å². The van der Waals surface area contributed by atoms with Crippen molar-refractivity contribution >= 4 is 17.3 Å². The lowest BCUT2D eigenvalue weighted by molar-refractivity contribution is -0.117. The van der Waals surface area contributed by atoms with Crippen molar-refractivity contribution in [3.8, 4) is 0 Å².